The highest BCUT2D eigenvalue weighted by Crippen LogP contribution is 2.20. The molecule has 0 radical (unpaired) electrons. The van der Waals surface area contributed by atoms with E-state index in [-0.39, 0.29) is 5.75 Å². The lowest BCUT2D eigenvalue weighted by Crippen LogP contribution is -2.36. The monoisotopic (exact) mass is 487 g/mol. The second-order valence-electron chi connectivity index (χ2n) is 8.56. The van der Waals surface area contributed by atoms with Crippen LogP contribution in [0.3, 0.4) is 0 Å². The molecular weight excluding hydrogens is 458 g/mol. The molecule has 7 heteroatoms. The first-order valence-electron chi connectivity index (χ1n) is 11.7. The average molecular weight is 488 g/mol. The number of fused-ring (bicyclic) bond motifs is 1. The molecule has 6 nitrogen and oxygen atoms in total. The predicted molar refractivity (Wildman–Crippen MR) is 142 cm³/mol. The van der Waals surface area contributed by atoms with E-state index in [0.717, 1.165) is 28.7 Å². The SMILES string of the molecule is CCCCS(=O)(=O)NC(=O)n1c(C)nc2ccc(Cc3ccc(C=Cc4ccccc4)cc3)cc21. The quantitative estimate of drug-likeness (QED) is 0.319. The molecule has 0 saturated heterocycles. The van der Waals surface area contributed by atoms with E-state index in [0.29, 0.717) is 29.7 Å². The topological polar surface area (TPSA) is 81.1 Å². The number of benzene rings is 3. The number of hydrogen-bond donors (Lipinski definition) is 1. The van der Waals surface area contributed by atoms with Crippen molar-refractivity contribution >= 4 is 39.2 Å². The number of aryl methyl sites for hydroxylation is 1. The predicted octanol–water partition coefficient (Wildman–Crippen LogP) is 5.79. The molecule has 0 saturated carbocycles. The van der Waals surface area contributed by atoms with Gasteiger partial charge < -0.3 is 0 Å². The van der Waals surface area contributed by atoms with E-state index in [1.807, 2.05) is 43.3 Å². The van der Waals surface area contributed by atoms with E-state index >= 15 is 0 Å². The Kier molecular flexibility index (Phi) is 7.46. The van der Waals surface area contributed by atoms with Crippen LogP contribution in [0.4, 0.5) is 4.79 Å². The van der Waals surface area contributed by atoms with Crippen LogP contribution in [0.2, 0.25) is 0 Å². The molecule has 4 aromatic rings. The van der Waals surface area contributed by atoms with Crippen LogP contribution in [0.5, 0.6) is 0 Å². The Labute approximate surface area is 206 Å². The summed E-state index contributed by atoms with van der Waals surface area (Å²) in [5.41, 5.74) is 5.64. The van der Waals surface area contributed by atoms with Crippen molar-refractivity contribution in [3.05, 3.63) is 101 Å². The molecule has 1 N–H and O–H groups in total. The maximum atomic E-state index is 12.8. The van der Waals surface area contributed by atoms with Crippen LogP contribution in [-0.4, -0.2) is 29.8 Å². The number of nitrogens with one attached hydrogen (secondary N) is 1. The van der Waals surface area contributed by atoms with Crippen LogP contribution >= 0.6 is 0 Å². The van der Waals surface area contributed by atoms with Gasteiger partial charge in [0, 0.05) is 0 Å². The Morgan fingerprint density at radius 3 is 2.29 bits per heavy atom. The number of hydrogen-bond acceptors (Lipinski definition) is 4. The number of rotatable bonds is 8. The van der Waals surface area contributed by atoms with E-state index < -0.39 is 16.1 Å². The molecule has 3 aromatic carbocycles. The first-order chi connectivity index (χ1) is 16.8. The fraction of sp³-hybridized carbons (Fsp3) is 0.214. The van der Waals surface area contributed by atoms with Gasteiger partial charge in [0.25, 0.3) is 0 Å². The maximum Gasteiger partial charge on any atom is 0.341 e. The third kappa shape index (κ3) is 6.25. The lowest BCUT2D eigenvalue weighted by atomic mass is 10.0. The second-order valence-corrected chi connectivity index (χ2v) is 10.4. The summed E-state index contributed by atoms with van der Waals surface area (Å²) in [6, 6.07) is 23.5. The summed E-state index contributed by atoms with van der Waals surface area (Å²) in [6.07, 6.45) is 6.08. The van der Waals surface area contributed by atoms with Crippen molar-refractivity contribution in [3.63, 3.8) is 0 Å². The molecular formula is C28H29N3O3S. The molecule has 0 fully saturated rings. The van der Waals surface area contributed by atoms with Crippen LogP contribution in [0.15, 0.2) is 72.8 Å². The van der Waals surface area contributed by atoms with Gasteiger partial charge in [-0.1, -0.05) is 86.2 Å². The van der Waals surface area contributed by atoms with Crippen LogP contribution in [0.1, 0.15) is 47.8 Å². The number of nitrogens with zero attached hydrogens (tertiary/aromatic N) is 2. The molecule has 1 amide bonds. The fourth-order valence-electron chi connectivity index (χ4n) is 3.91. The summed E-state index contributed by atoms with van der Waals surface area (Å²) in [5, 5.41) is 0. The molecule has 0 aliphatic carbocycles. The Balaban J connectivity index is 1.51. The van der Waals surface area contributed by atoms with E-state index in [9.17, 15) is 13.2 Å². The largest absolute Gasteiger partial charge is 0.341 e. The normalized spacial score (nSPS) is 11.8. The Hall–Kier alpha value is -3.71. The Morgan fingerprint density at radius 2 is 1.60 bits per heavy atom. The summed E-state index contributed by atoms with van der Waals surface area (Å²) in [4.78, 5) is 17.2. The highest BCUT2D eigenvalue weighted by Gasteiger charge is 2.20. The fourth-order valence-corrected chi connectivity index (χ4v) is 5.04. The summed E-state index contributed by atoms with van der Waals surface area (Å²) in [5.74, 6) is 0.359. The zero-order chi connectivity index (χ0) is 24.8. The third-order valence-corrected chi connectivity index (χ3v) is 7.07. The number of carbonyl (C=O) groups is 1. The minimum Gasteiger partial charge on any atom is -0.247 e. The lowest BCUT2D eigenvalue weighted by molar-refractivity contribution is 0.247. The van der Waals surface area contributed by atoms with Gasteiger partial charge in [0.15, 0.2) is 0 Å². The zero-order valence-corrected chi connectivity index (χ0v) is 20.8. The van der Waals surface area contributed by atoms with Gasteiger partial charge in [0.2, 0.25) is 10.0 Å². The van der Waals surface area contributed by atoms with Gasteiger partial charge in [-0.3, -0.25) is 0 Å². The molecule has 180 valence electrons. The highest BCUT2D eigenvalue weighted by molar-refractivity contribution is 7.90. The molecule has 0 aliphatic heterocycles. The molecule has 4 rings (SSSR count). The smallest absolute Gasteiger partial charge is 0.247 e. The summed E-state index contributed by atoms with van der Waals surface area (Å²) >= 11 is 0. The van der Waals surface area contributed by atoms with Gasteiger partial charge in [0.05, 0.1) is 16.8 Å². The van der Waals surface area contributed by atoms with Crippen LogP contribution < -0.4 is 4.72 Å². The Morgan fingerprint density at radius 1 is 0.943 bits per heavy atom. The van der Waals surface area contributed by atoms with Crippen LogP contribution in [-0.2, 0) is 16.4 Å². The number of amides is 1. The first-order valence-corrected chi connectivity index (χ1v) is 13.3. The molecule has 0 unspecified atom stereocenters. The van der Waals surface area contributed by atoms with Crippen molar-refractivity contribution in [2.45, 2.75) is 33.1 Å². The van der Waals surface area contributed by atoms with E-state index in [2.05, 4.69) is 58.3 Å². The van der Waals surface area contributed by atoms with Gasteiger partial charge in [-0.15, -0.1) is 0 Å². The minimum absolute atomic E-state index is 0.0807. The lowest BCUT2D eigenvalue weighted by Gasteiger charge is -2.09. The van der Waals surface area contributed by atoms with Gasteiger partial charge in [-0.05, 0) is 54.2 Å². The minimum atomic E-state index is -3.69. The first kappa shape index (κ1) is 24.4. The average Bonchev–Trinajstić information content (AvgIpc) is 3.18. The van der Waals surface area contributed by atoms with Gasteiger partial charge in [0.1, 0.15) is 5.82 Å². The van der Waals surface area contributed by atoms with Crippen molar-refractivity contribution < 1.29 is 13.2 Å². The number of unbranched alkanes of at least 4 members (excludes halogenated alkanes) is 1. The summed E-state index contributed by atoms with van der Waals surface area (Å²) < 4.78 is 28.0. The van der Waals surface area contributed by atoms with E-state index in [4.69, 9.17) is 0 Å². The number of imidazole rings is 1. The number of sulfonamides is 1. The second kappa shape index (κ2) is 10.7. The standard InChI is InChI=1S/C28H29N3O3S/c1-3-4-18-35(33,34)30-28(32)31-21(2)29-26-17-16-25(20-27(26)31)19-24-14-12-23(13-15-24)11-10-22-8-6-5-7-9-22/h5-17,20H,3-4,18-19H2,1-2H3,(H,30,32). The molecule has 1 heterocycles. The van der Waals surface area contributed by atoms with Gasteiger partial charge >= 0.3 is 6.03 Å². The van der Waals surface area contributed by atoms with Crippen molar-refractivity contribution in [2.75, 3.05) is 5.75 Å². The van der Waals surface area contributed by atoms with Gasteiger partial charge in [-0.2, -0.15) is 0 Å². The van der Waals surface area contributed by atoms with Crippen LogP contribution in [0.25, 0.3) is 23.2 Å². The van der Waals surface area contributed by atoms with Crippen molar-refractivity contribution in [1.82, 2.24) is 14.3 Å². The molecule has 0 atom stereocenters. The summed E-state index contributed by atoms with van der Waals surface area (Å²) in [7, 11) is -3.69. The van der Waals surface area contributed by atoms with E-state index in [1.165, 1.54) is 4.57 Å². The van der Waals surface area contributed by atoms with E-state index in [1.54, 1.807) is 6.92 Å². The third-order valence-electron chi connectivity index (χ3n) is 5.75. The molecule has 0 aliphatic rings. The Bertz CT molecular complexity index is 1450. The highest BCUT2D eigenvalue weighted by atomic mass is 32.2. The molecule has 35 heavy (non-hydrogen) atoms. The summed E-state index contributed by atoms with van der Waals surface area (Å²) in [6.45, 7) is 3.60. The molecule has 0 spiro atoms. The van der Waals surface area contributed by atoms with Crippen molar-refractivity contribution in [1.29, 1.82) is 0 Å². The van der Waals surface area contributed by atoms with Crippen LogP contribution in [0, 0.1) is 6.92 Å². The van der Waals surface area contributed by atoms with Crippen molar-refractivity contribution in [3.8, 4) is 0 Å². The maximum absolute atomic E-state index is 12.8. The zero-order valence-electron chi connectivity index (χ0n) is 19.9. The molecule has 0 bridgehead atoms. The van der Waals surface area contributed by atoms with Crippen molar-refractivity contribution in [2.24, 2.45) is 0 Å². The van der Waals surface area contributed by atoms with Gasteiger partial charge in [-0.25, -0.2) is 27.5 Å². The number of aromatic nitrogens is 2. The molecule has 1 aromatic heterocycles. The number of carbonyl (C=O) groups excluding carboxylic acids is 1.